The number of hydrogen-bond donors (Lipinski definition) is 3. The van der Waals surface area contributed by atoms with Gasteiger partial charge in [0, 0.05) is 0 Å². The van der Waals surface area contributed by atoms with Gasteiger partial charge in [-0.1, -0.05) is 6.07 Å². The van der Waals surface area contributed by atoms with E-state index < -0.39 is 0 Å². The Kier molecular flexibility index (Phi) is 2.13. The molecule has 0 aliphatic carbocycles. The van der Waals surface area contributed by atoms with Crippen LogP contribution in [0.2, 0.25) is 0 Å². The second-order valence-corrected chi connectivity index (χ2v) is 2.91. The van der Waals surface area contributed by atoms with E-state index in [1.165, 1.54) is 24.3 Å². The molecule has 5 nitrogen and oxygen atoms in total. The van der Waals surface area contributed by atoms with E-state index in [0.717, 1.165) is 0 Å². The molecular formula is C10H8N3O2. The summed E-state index contributed by atoms with van der Waals surface area (Å²) in [5.41, 5.74) is 5.94. The Hall–Kier alpha value is -2.30. The summed E-state index contributed by atoms with van der Waals surface area (Å²) in [7, 11) is 0. The van der Waals surface area contributed by atoms with Gasteiger partial charge < -0.3 is 15.9 Å². The fraction of sp³-hybridized carbons (Fsp3) is 0. The van der Waals surface area contributed by atoms with Gasteiger partial charge in [0.2, 0.25) is 5.95 Å². The molecule has 0 saturated heterocycles. The summed E-state index contributed by atoms with van der Waals surface area (Å²) in [6.45, 7) is 0. The standard InChI is InChI=1S/C10H8N3O2/c11-10-12-5-4-6(13-10)9-7(14)2-1-3-8(9)15/h1-4,14-15H,(H2,11,12,13). The number of phenols is 2. The molecule has 0 bridgehead atoms. The zero-order chi connectivity index (χ0) is 10.8. The first-order valence-electron chi connectivity index (χ1n) is 4.20. The first-order chi connectivity index (χ1) is 7.18. The molecule has 0 saturated carbocycles. The van der Waals surface area contributed by atoms with Gasteiger partial charge in [0.1, 0.15) is 11.5 Å². The molecule has 0 amide bonds. The van der Waals surface area contributed by atoms with Crippen molar-refractivity contribution >= 4 is 5.95 Å². The van der Waals surface area contributed by atoms with Crippen LogP contribution in [0.5, 0.6) is 11.5 Å². The number of phenolic OH excluding ortho intramolecular Hbond substituents is 2. The summed E-state index contributed by atoms with van der Waals surface area (Å²) >= 11 is 0. The topological polar surface area (TPSA) is 92.3 Å². The van der Waals surface area contributed by atoms with E-state index in [2.05, 4.69) is 16.2 Å². The maximum atomic E-state index is 9.56. The number of aromatic hydroxyl groups is 2. The highest BCUT2D eigenvalue weighted by molar-refractivity contribution is 5.73. The molecular weight excluding hydrogens is 194 g/mol. The lowest BCUT2D eigenvalue weighted by Crippen LogP contribution is -1.95. The van der Waals surface area contributed by atoms with Crippen molar-refractivity contribution in [3.63, 3.8) is 0 Å². The minimum Gasteiger partial charge on any atom is -0.507 e. The highest BCUT2D eigenvalue weighted by Crippen LogP contribution is 2.35. The maximum Gasteiger partial charge on any atom is 0.221 e. The van der Waals surface area contributed by atoms with Gasteiger partial charge in [-0.3, -0.25) is 0 Å². The molecule has 1 aromatic carbocycles. The fourth-order valence-electron chi connectivity index (χ4n) is 1.26. The Morgan fingerprint density at radius 2 is 1.87 bits per heavy atom. The summed E-state index contributed by atoms with van der Waals surface area (Å²) in [4.78, 5) is 7.48. The number of aromatic nitrogens is 2. The minimum absolute atomic E-state index is 0.0372. The molecule has 0 aliphatic rings. The van der Waals surface area contributed by atoms with E-state index in [0.29, 0.717) is 5.69 Å². The van der Waals surface area contributed by atoms with Crippen LogP contribution >= 0.6 is 0 Å². The Balaban J connectivity index is 2.63. The fourth-order valence-corrected chi connectivity index (χ4v) is 1.26. The molecule has 1 aromatic heterocycles. The van der Waals surface area contributed by atoms with E-state index >= 15 is 0 Å². The molecule has 0 unspecified atom stereocenters. The van der Waals surface area contributed by atoms with Gasteiger partial charge >= 0.3 is 0 Å². The van der Waals surface area contributed by atoms with Gasteiger partial charge in [-0.25, -0.2) is 9.97 Å². The molecule has 0 atom stereocenters. The van der Waals surface area contributed by atoms with Crippen LogP contribution in [0.15, 0.2) is 24.3 Å². The number of nitrogen functional groups attached to an aromatic ring is 1. The molecule has 1 radical (unpaired) electrons. The van der Waals surface area contributed by atoms with Crippen molar-refractivity contribution < 1.29 is 10.2 Å². The second-order valence-electron chi connectivity index (χ2n) is 2.91. The average molecular weight is 202 g/mol. The molecule has 2 aromatic rings. The number of rotatable bonds is 1. The van der Waals surface area contributed by atoms with Crippen LogP contribution in [0.25, 0.3) is 11.3 Å². The van der Waals surface area contributed by atoms with Crippen molar-refractivity contribution in [1.29, 1.82) is 0 Å². The van der Waals surface area contributed by atoms with Crippen LogP contribution in [0.4, 0.5) is 5.95 Å². The zero-order valence-electron chi connectivity index (χ0n) is 7.68. The van der Waals surface area contributed by atoms with E-state index in [-0.39, 0.29) is 23.0 Å². The molecule has 0 fully saturated rings. The average Bonchev–Trinajstić information content (AvgIpc) is 2.17. The smallest absolute Gasteiger partial charge is 0.221 e. The quantitative estimate of drug-likeness (QED) is 0.639. The number of nitrogens with two attached hydrogens (primary N) is 1. The number of anilines is 1. The van der Waals surface area contributed by atoms with Crippen molar-refractivity contribution in [1.82, 2.24) is 9.97 Å². The van der Waals surface area contributed by atoms with Crippen LogP contribution in [0, 0.1) is 6.20 Å². The molecule has 4 N–H and O–H groups in total. The summed E-state index contributed by atoms with van der Waals surface area (Å²) in [5, 5.41) is 19.1. The van der Waals surface area contributed by atoms with Crippen molar-refractivity contribution in [3.8, 4) is 22.8 Å². The van der Waals surface area contributed by atoms with Crippen LogP contribution in [0.3, 0.4) is 0 Å². The van der Waals surface area contributed by atoms with Crippen LogP contribution in [0.1, 0.15) is 0 Å². The highest BCUT2D eigenvalue weighted by Gasteiger charge is 2.11. The van der Waals surface area contributed by atoms with Crippen molar-refractivity contribution in [2.24, 2.45) is 0 Å². The van der Waals surface area contributed by atoms with Gasteiger partial charge in [-0.15, -0.1) is 0 Å². The Bertz CT molecular complexity index is 480. The summed E-state index contributed by atoms with van der Waals surface area (Å²) in [5.74, 6) is -0.0989. The normalized spacial score (nSPS) is 10.1. The van der Waals surface area contributed by atoms with Crippen LogP contribution < -0.4 is 5.73 Å². The van der Waals surface area contributed by atoms with Gasteiger partial charge in [0.05, 0.1) is 17.5 Å². The van der Waals surface area contributed by atoms with E-state index in [1.807, 2.05) is 0 Å². The van der Waals surface area contributed by atoms with Gasteiger partial charge in [0.15, 0.2) is 0 Å². The van der Waals surface area contributed by atoms with E-state index in [4.69, 9.17) is 5.73 Å². The molecule has 2 rings (SSSR count). The monoisotopic (exact) mass is 202 g/mol. The third kappa shape index (κ3) is 1.67. The van der Waals surface area contributed by atoms with Gasteiger partial charge in [-0.05, 0) is 18.2 Å². The van der Waals surface area contributed by atoms with Gasteiger partial charge in [-0.2, -0.15) is 0 Å². The third-order valence-corrected chi connectivity index (χ3v) is 1.89. The SMILES string of the molecule is Nc1n[c]cc(-c2c(O)cccc2O)n1. The Labute approximate surface area is 85.9 Å². The van der Waals surface area contributed by atoms with Gasteiger partial charge in [0.25, 0.3) is 0 Å². The minimum atomic E-state index is -0.0681. The Morgan fingerprint density at radius 1 is 1.20 bits per heavy atom. The molecule has 75 valence electrons. The number of hydrogen-bond acceptors (Lipinski definition) is 5. The van der Waals surface area contributed by atoms with Crippen molar-refractivity contribution in [2.45, 2.75) is 0 Å². The predicted octanol–water partition coefficient (Wildman–Crippen LogP) is 0.937. The lowest BCUT2D eigenvalue weighted by atomic mass is 10.1. The number of benzene rings is 1. The molecule has 1 heterocycles. The van der Waals surface area contributed by atoms with E-state index in [1.54, 1.807) is 0 Å². The first-order valence-corrected chi connectivity index (χ1v) is 4.20. The molecule has 0 spiro atoms. The first kappa shape index (κ1) is 9.26. The Morgan fingerprint density at radius 3 is 2.47 bits per heavy atom. The van der Waals surface area contributed by atoms with Crippen LogP contribution in [-0.2, 0) is 0 Å². The molecule has 5 heteroatoms. The third-order valence-electron chi connectivity index (χ3n) is 1.89. The summed E-state index contributed by atoms with van der Waals surface area (Å²) in [6.07, 6.45) is 2.52. The summed E-state index contributed by atoms with van der Waals surface area (Å²) in [6, 6.07) is 5.87. The molecule has 15 heavy (non-hydrogen) atoms. The largest absolute Gasteiger partial charge is 0.507 e. The van der Waals surface area contributed by atoms with Crippen molar-refractivity contribution in [3.05, 3.63) is 30.5 Å². The maximum absolute atomic E-state index is 9.56. The van der Waals surface area contributed by atoms with E-state index in [9.17, 15) is 10.2 Å². The lowest BCUT2D eigenvalue weighted by molar-refractivity contribution is 0.454. The second kappa shape index (κ2) is 3.45. The summed E-state index contributed by atoms with van der Waals surface area (Å²) < 4.78 is 0. The zero-order valence-corrected chi connectivity index (χ0v) is 7.68. The predicted molar refractivity (Wildman–Crippen MR) is 54.0 cm³/mol. The lowest BCUT2D eigenvalue weighted by Gasteiger charge is -2.05. The molecule has 0 aliphatic heterocycles. The number of nitrogens with zero attached hydrogens (tertiary/aromatic N) is 2. The van der Waals surface area contributed by atoms with Crippen molar-refractivity contribution in [2.75, 3.05) is 5.73 Å². The highest BCUT2D eigenvalue weighted by atomic mass is 16.3. The van der Waals surface area contributed by atoms with Crippen LogP contribution in [-0.4, -0.2) is 20.2 Å².